The number of tetrazole rings is 1. The Hall–Kier alpha value is -3.76. The molecular weight excluding hydrogens is 412 g/mol. The number of para-hydroxylation sites is 1. The summed E-state index contributed by atoms with van der Waals surface area (Å²) in [6, 6.07) is 7.57. The molecule has 0 unspecified atom stereocenters. The van der Waals surface area contributed by atoms with Crippen molar-refractivity contribution in [3.63, 3.8) is 0 Å². The fraction of sp³-hybridized carbons (Fsp3) is 0.300. The predicted molar refractivity (Wildman–Crippen MR) is 108 cm³/mol. The molecule has 11 heteroatoms. The molecule has 0 saturated heterocycles. The minimum Gasteiger partial charge on any atom is -0.489 e. The number of carbonyl (C=O) groups is 1. The summed E-state index contributed by atoms with van der Waals surface area (Å²) >= 11 is 0. The highest BCUT2D eigenvalue weighted by molar-refractivity contribution is 5.89. The number of aromatic nitrogens is 4. The van der Waals surface area contributed by atoms with Crippen LogP contribution in [0.3, 0.4) is 0 Å². The lowest BCUT2D eigenvalue weighted by Crippen LogP contribution is -2.34. The molecule has 1 N–H and O–H groups in total. The Morgan fingerprint density at radius 2 is 1.87 bits per heavy atom. The third kappa shape index (κ3) is 4.55. The summed E-state index contributed by atoms with van der Waals surface area (Å²) in [6.07, 6.45) is -0.180. The molecule has 9 nitrogen and oxygen atoms in total. The van der Waals surface area contributed by atoms with Gasteiger partial charge in [0.2, 0.25) is 0 Å². The fourth-order valence-corrected chi connectivity index (χ4v) is 2.95. The van der Waals surface area contributed by atoms with Crippen molar-refractivity contribution in [3.8, 4) is 11.4 Å². The number of hydrogen-bond donors (Lipinski definition) is 1. The van der Waals surface area contributed by atoms with Gasteiger partial charge in [0.15, 0.2) is 11.6 Å². The van der Waals surface area contributed by atoms with Gasteiger partial charge in [0.25, 0.3) is 0 Å². The zero-order valence-electron chi connectivity index (χ0n) is 17.1. The van der Waals surface area contributed by atoms with E-state index in [1.807, 2.05) is 13.8 Å². The number of aromatic carboxylic acids is 1. The number of carboxylic acids is 1. The van der Waals surface area contributed by atoms with Crippen LogP contribution in [0.25, 0.3) is 5.69 Å². The standard InChI is InChI=1S/C20H21F2N5O4/c1-4-25(16-10-13(19(28)29)8-9-17(16)31-12(2)3)11-26-20(30)27(24-23-26)18-14(21)6-5-7-15(18)22/h5-10,12H,4,11H2,1-3H3,(H,28,29). The normalized spacial score (nSPS) is 11.0. The van der Waals surface area contributed by atoms with Crippen LogP contribution in [0.2, 0.25) is 0 Å². The zero-order valence-corrected chi connectivity index (χ0v) is 17.1. The van der Waals surface area contributed by atoms with Crippen molar-refractivity contribution >= 4 is 11.7 Å². The molecule has 0 aliphatic carbocycles. The molecule has 0 aliphatic heterocycles. The maximum Gasteiger partial charge on any atom is 0.370 e. The topological polar surface area (TPSA) is 102 Å². The summed E-state index contributed by atoms with van der Waals surface area (Å²) in [5.41, 5.74) is -1.02. The Bertz CT molecular complexity index is 1140. The first-order valence-corrected chi connectivity index (χ1v) is 9.49. The number of halogens is 2. The van der Waals surface area contributed by atoms with Crippen LogP contribution in [0.5, 0.6) is 5.75 Å². The average Bonchev–Trinajstić information content (AvgIpc) is 3.06. The van der Waals surface area contributed by atoms with Gasteiger partial charge < -0.3 is 14.7 Å². The maximum absolute atomic E-state index is 14.1. The molecule has 0 radical (unpaired) electrons. The third-order valence-corrected chi connectivity index (χ3v) is 4.38. The van der Waals surface area contributed by atoms with Crippen molar-refractivity contribution in [3.05, 3.63) is 64.1 Å². The van der Waals surface area contributed by atoms with Crippen molar-refractivity contribution < 1.29 is 23.4 Å². The Labute approximate surface area is 176 Å². The van der Waals surface area contributed by atoms with Gasteiger partial charge in [-0.2, -0.15) is 9.36 Å². The molecule has 164 valence electrons. The minimum atomic E-state index is -1.12. The highest BCUT2D eigenvalue weighted by atomic mass is 19.1. The summed E-state index contributed by atoms with van der Waals surface area (Å²) in [5.74, 6) is -2.61. The lowest BCUT2D eigenvalue weighted by atomic mass is 10.1. The number of ether oxygens (including phenoxy) is 1. The second-order valence-corrected chi connectivity index (χ2v) is 6.89. The van der Waals surface area contributed by atoms with E-state index < -0.39 is 29.0 Å². The summed E-state index contributed by atoms with van der Waals surface area (Å²) in [6.45, 7) is 5.64. The van der Waals surface area contributed by atoms with E-state index in [2.05, 4.69) is 10.4 Å². The van der Waals surface area contributed by atoms with Crippen LogP contribution in [-0.2, 0) is 6.67 Å². The van der Waals surface area contributed by atoms with Gasteiger partial charge >= 0.3 is 11.7 Å². The fourth-order valence-electron chi connectivity index (χ4n) is 2.95. The van der Waals surface area contributed by atoms with Gasteiger partial charge in [0, 0.05) is 6.54 Å². The Morgan fingerprint density at radius 3 is 2.45 bits per heavy atom. The average molecular weight is 433 g/mol. The molecule has 2 aromatic carbocycles. The van der Waals surface area contributed by atoms with Crippen LogP contribution in [0.4, 0.5) is 14.5 Å². The van der Waals surface area contributed by atoms with Crippen molar-refractivity contribution in [1.29, 1.82) is 0 Å². The van der Waals surface area contributed by atoms with Crippen LogP contribution in [0.15, 0.2) is 41.2 Å². The van der Waals surface area contributed by atoms with Gasteiger partial charge in [0.05, 0.1) is 17.4 Å². The van der Waals surface area contributed by atoms with Gasteiger partial charge in [-0.15, -0.1) is 0 Å². The molecule has 0 atom stereocenters. The molecule has 1 aromatic heterocycles. The van der Waals surface area contributed by atoms with Gasteiger partial charge in [-0.1, -0.05) is 6.07 Å². The van der Waals surface area contributed by atoms with E-state index in [-0.39, 0.29) is 18.3 Å². The van der Waals surface area contributed by atoms with Gasteiger partial charge in [-0.25, -0.2) is 18.4 Å². The van der Waals surface area contributed by atoms with Crippen molar-refractivity contribution in [1.82, 2.24) is 19.8 Å². The first-order chi connectivity index (χ1) is 14.7. The SMILES string of the molecule is CCN(Cn1nnn(-c2c(F)cccc2F)c1=O)c1cc(C(=O)O)ccc1OC(C)C. The largest absolute Gasteiger partial charge is 0.489 e. The van der Waals surface area contributed by atoms with E-state index in [1.54, 1.807) is 11.8 Å². The van der Waals surface area contributed by atoms with E-state index in [1.165, 1.54) is 24.3 Å². The molecule has 31 heavy (non-hydrogen) atoms. The molecule has 0 aliphatic rings. The quantitative estimate of drug-likeness (QED) is 0.583. The number of rotatable bonds is 8. The van der Waals surface area contributed by atoms with Gasteiger partial charge in [-0.05, 0) is 61.5 Å². The Morgan fingerprint density at radius 1 is 1.19 bits per heavy atom. The molecule has 1 heterocycles. The Balaban J connectivity index is 2.01. The second-order valence-electron chi connectivity index (χ2n) is 6.89. The molecule has 0 bridgehead atoms. The monoisotopic (exact) mass is 433 g/mol. The number of hydrogen-bond acceptors (Lipinski definition) is 6. The summed E-state index contributed by atoms with van der Waals surface area (Å²) in [5, 5.41) is 16.7. The molecule has 0 spiro atoms. The van der Waals surface area contributed by atoms with Crippen LogP contribution in [0.1, 0.15) is 31.1 Å². The van der Waals surface area contributed by atoms with Crippen LogP contribution < -0.4 is 15.3 Å². The molecule has 0 amide bonds. The number of carboxylic acid groups (broad SMARTS) is 1. The minimum absolute atomic E-state index is 0.0361. The second kappa shape index (κ2) is 8.94. The van der Waals surface area contributed by atoms with E-state index in [4.69, 9.17) is 4.74 Å². The van der Waals surface area contributed by atoms with Gasteiger partial charge in [-0.3, -0.25) is 0 Å². The molecule has 3 aromatic rings. The van der Waals surface area contributed by atoms with E-state index in [0.717, 1.165) is 16.8 Å². The summed E-state index contributed by atoms with van der Waals surface area (Å²) in [7, 11) is 0. The smallest absolute Gasteiger partial charge is 0.370 e. The highest BCUT2D eigenvalue weighted by Gasteiger charge is 2.20. The predicted octanol–water partition coefficient (Wildman–Crippen LogP) is 2.68. The van der Waals surface area contributed by atoms with Gasteiger partial charge in [0.1, 0.15) is 18.1 Å². The lowest BCUT2D eigenvalue weighted by molar-refractivity contribution is 0.0697. The molecule has 0 saturated carbocycles. The first-order valence-electron chi connectivity index (χ1n) is 9.49. The van der Waals surface area contributed by atoms with Crippen LogP contribution in [-0.4, -0.2) is 43.5 Å². The van der Waals surface area contributed by atoms with Crippen LogP contribution >= 0.6 is 0 Å². The number of benzene rings is 2. The number of anilines is 1. The van der Waals surface area contributed by atoms with Crippen molar-refractivity contribution in [2.45, 2.75) is 33.5 Å². The number of nitrogens with zero attached hydrogens (tertiary/aromatic N) is 5. The summed E-state index contributed by atoms with van der Waals surface area (Å²) in [4.78, 5) is 25.8. The summed E-state index contributed by atoms with van der Waals surface area (Å²) < 4.78 is 35.3. The van der Waals surface area contributed by atoms with Crippen molar-refractivity contribution in [2.24, 2.45) is 0 Å². The molecule has 0 fully saturated rings. The first kappa shape index (κ1) is 21.9. The molecular formula is C20H21F2N5O4. The Kier molecular flexibility index (Phi) is 6.33. The zero-order chi connectivity index (χ0) is 22.7. The van der Waals surface area contributed by atoms with Crippen LogP contribution in [0, 0.1) is 11.6 Å². The highest BCUT2D eigenvalue weighted by Crippen LogP contribution is 2.31. The van der Waals surface area contributed by atoms with E-state index in [9.17, 15) is 23.5 Å². The van der Waals surface area contributed by atoms with Crippen molar-refractivity contribution in [2.75, 3.05) is 11.4 Å². The lowest BCUT2D eigenvalue weighted by Gasteiger charge is -2.26. The van der Waals surface area contributed by atoms with E-state index >= 15 is 0 Å². The van der Waals surface area contributed by atoms with E-state index in [0.29, 0.717) is 22.7 Å². The maximum atomic E-state index is 14.1. The molecule has 3 rings (SSSR count). The third-order valence-electron chi connectivity index (χ3n) is 4.38.